The number of aliphatic imine (C=N–C) groups is 1. The summed E-state index contributed by atoms with van der Waals surface area (Å²) in [5, 5.41) is 9.23. The van der Waals surface area contributed by atoms with Crippen LogP contribution in [0.15, 0.2) is 57.3 Å². The van der Waals surface area contributed by atoms with Gasteiger partial charge in [-0.25, -0.2) is 27.0 Å². The third-order valence-electron chi connectivity index (χ3n) is 8.25. The molecule has 12 nitrogen and oxygen atoms in total. The van der Waals surface area contributed by atoms with E-state index >= 15 is 0 Å². The number of aromatic nitrogens is 3. The van der Waals surface area contributed by atoms with Crippen molar-refractivity contribution < 1.29 is 36.3 Å². The van der Waals surface area contributed by atoms with Crippen LogP contribution in [0, 0.1) is 17.6 Å². The molecule has 1 atom stereocenters. The van der Waals surface area contributed by atoms with Gasteiger partial charge in [0.2, 0.25) is 10.0 Å². The van der Waals surface area contributed by atoms with E-state index in [0.717, 1.165) is 18.9 Å². The summed E-state index contributed by atoms with van der Waals surface area (Å²) in [6.07, 6.45) is 7.60. The second-order valence-corrected chi connectivity index (χ2v) is 14.6. The number of amidine groups is 1. The molecule has 1 fully saturated rings. The van der Waals surface area contributed by atoms with Crippen LogP contribution >= 0.6 is 22.9 Å². The maximum absolute atomic E-state index is 14.7. The number of nitrogens with one attached hydrogen (secondary N) is 1. The van der Waals surface area contributed by atoms with Crippen molar-refractivity contribution in [3.8, 4) is 0 Å². The number of unbranched alkanes of at least 4 members (excludes halogenated alkanes) is 2. The Morgan fingerprint density at radius 3 is 2.55 bits per heavy atom. The molecule has 264 valence electrons. The lowest BCUT2D eigenvalue weighted by Crippen LogP contribution is -2.43. The van der Waals surface area contributed by atoms with Crippen molar-refractivity contribution in [3.05, 3.63) is 74.6 Å². The van der Waals surface area contributed by atoms with Crippen LogP contribution < -0.4 is 5.32 Å². The Kier molecular flexibility index (Phi) is 12.2. The van der Waals surface area contributed by atoms with Gasteiger partial charge < -0.3 is 14.8 Å². The average Bonchev–Trinajstić information content (AvgIpc) is 3.81. The maximum Gasteiger partial charge on any atom is 0.338 e. The molecule has 2 aromatic heterocycles. The third-order valence-corrected chi connectivity index (χ3v) is 11.3. The van der Waals surface area contributed by atoms with Gasteiger partial charge in [0.1, 0.15) is 10.9 Å². The number of benzene rings is 1. The Balaban J connectivity index is 1.34. The lowest BCUT2D eigenvalue weighted by Gasteiger charge is -2.36. The number of carbonyl (C=O) groups is 2. The fourth-order valence-corrected chi connectivity index (χ4v) is 8.10. The second kappa shape index (κ2) is 16.3. The molecule has 1 aromatic carbocycles. The molecule has 2 aliphatic heterocycles. The highest BCUT2D eigenvalue weighted by Crippen LogP contribution is 2.41. The summed E-state index contributed by atoms with van der Waals surface area (Å²) in [7, 11) is -3.87. The molecule has 4 heterocycles. The SMILES string of the molecule is CCOC(=O)CCCCCn1cc(S(=O)(=O)N2CCC(C3=C(C(=O)OCC)C(c4ccc(F)c(F)c4Cl)N=C(c4nccs4)N3)CC2)cn1. The number of hydrogen-bond donors (Lipinski definition) is 1. The summed E-state index contributed by atoms with van der Waals surface area (Å²) in [6.45, 7) is 4.61. The lowest BCUT2D eigenvalue weighted by atomic mass is 9.86. The van der Waals surface area contributed by atoms with Crippen molar-refractivity contribution in [2.75, 3.05) is 26.3 Å². The molecule has 0 bridgehead atoms. The molecule has 2 aliphatic rings. The molecule has 0 saturated carbocycles. The first-order valence-corrected chi connectivity index (χ1v) is 18.7. The summed E-state index contributed by atoms with van der Waals surface area (Å²) in [4.78, 5) is 34.1. The molecule has 1 unspecified atom stereocenters. The predicted octanol–water partition coefficient (Wildman–Crippen LogP) is 5.40. The summed E-state index contributed by atoms with van der Waals surface area (Å²) >= 11 is 7.58. The van der Waals surface area contributed by atoms with Crippen LogP contribution in [0.4, 0.5) is 8.78 Å². The van der Waals surface area contributed by atoms with E-state index in [1.54, 1.807) is 30.1 Å². The van der Waals surface area contributed by atoms with Gasteiger partial charge in [0.15, 0.2) is 22.5 Å². The topological polar surface area (TPSA) is 145 Å². The fourth-order valence-electron chi connectivity index (χ4n) is 5.83. The van der Waals surface area contributed by atoms with Crippen molar-refractivity contribution in [1.29, 1.82) is 0 Å². The van der Waals surface area contributed by atoms with E-state index in [0.29, 0.717) is 55.4 Å². The van der Waals surface area contributed by atoms with Crippen molar-refractivity contribution in [3.63, 3.8) is 0 Å². The van der Waals surface area contributed by atoms with Gasteiger partial charge in [0.05, 0.1) is 30.0 Å². The van der Waals surface area contributed by atoms with Crippen molar-refractivity contribution in [2.45, 2.75) is 69.9 Å². The number of allylic oxidation sites excluding steroid dienone is 1. The molecule has 0 amide bonds. The van der Waals surface area contributed by atoms with Crippen LogP contribution in [0.25, 0.3) is 0 Å². The van der Waals surface area contributed by atoms with Crippen molar-refractivity contribution in [1.82, 2.24) is 24.4 Å². The number of sulfonamides is 1. The van der Waals surface area contributed by atoms with E-state index in [9.17, 15) is 26.8 Å². The Morgan fingerprint density at radius 2 is 1.86 bits per heavy atom. The van der Waals surface area contributed by atoms with Gasteiger partial charge in [-0.05, 0) is 45.6 Å². The van der Waals surface area contributed by atoms with Crippen LogP contribution in [0.2, 0.25) is 5.02 Å². The molecule has 49 heavy (non-hydrogen) atoms. The van der Waals surface area contributed by atoms with Gasteiger partial charge in [-0.2, -0.15) is 9.40 Å². The number of ether oxygens (including phenoxy) is 2. The first-order chi connectivity index (χ1) is 23.5. The van der Waals surface area contributed by atoms with E-state index in [1.807, 2.05) is 0 Å². The number of aryl methyl sites for hydroxylation is 1. The zero-order valence-corrected chi connectivity index (χ0v) is 29.4. The summed E-state index contributed by atoms with van der Waals surface area (Å²) in [5.74, 6) is -3.37. The number of thiazole rings is 1. The average molecular weight is 739 g/mol. The Labute approximate surface area is 292 Å². The van der Waals surface area contributed by atoms with Crippen LogP contribution in [0.1, 0.15) is 69.0 Å². The number of nitrogens with zero attached hydrogens (tertiary/aromatic N) is 5. The Bertz CT molecular complexity index is 1820. The Morgan fingerprint density at radius 1 is 1.10 bits per heavy atom. The van der Waals surface area contributed by atoms with Gasteiger partial charge in [0.25, 0.3) is 0 Å². The standard InChI is InChI=1S/C32H37ClF2N6O6S2/c1-3-46-24(42)8-6-5-7-14-40-19-21(18-37-40)49(44,45)41-15-11-20(12-16-41)28-25(32(43)47-4-2)29(22-9-10-23(34)27(35)26(22)33)39-30(38-28)31-36-13-17-48-31/h9-10,13,17-20,29H,3-8,11-12,14-16H2,1-2H3,(H,38,39). The minimum atomic E-state index is -3.87. The first-order valence-electron chi connectivity index (χ1n) is 16.0. The molecule has 3 aromatic rings. The predicted molar refractivity (Wildman–Crippen MR) is 178 cm³/mol. The monoisotopic (exact) mass is 738 g/mol. The maximum atomic E-state index is 14.7. The van der Waals surface area contributed by atoms with Crippen molar-refractivity contribution in [2.24, 2.45) is 10.9 Å². The van der Waals surface area contributed by atoms with Crippen LogP contribution in [-0.4, -0.2) is 71.6 Å². The minimum Gasteiger partial charge on any atom is -0.466 e. The number of hydrogen-bond acceptors (Lipinski definition) is 11. The molecular weight excluding hydrogens is 702 g/mol. The number of halogens is 3. The zero-order valence-electron chi connectivity index (χ0n) is 27.0. The smallest absolute Gasteiger partial charge is 0.338 e. The van der Waals surface area contributed by atoms with Gasteiger partial charge in [-0.15, -0.1) is 11.3 Å². The van der Waals surface area contributed by atoms with Crippen molar-refractivity contribution >= 4 is 50.7 Å². The zero-order chi connectivity index (χ0) is 35.1. The summed E-state index contributed by atoms with van der Waals surface area (Å²) in [6, 6.07) is 1.07. The van der Waals surface area contributed by atoms with Crippen LogP contribution in [0.5, 0.6) is 0 Å². The van der Waals surface area contributed by atoms with Gasteiger partial charge in [-0.1, -0.05) is 24.1 Å². The minimum absolute atomic E-state index is 0.0505. The van der Waals surface area contributed by atoms with Crippen LogP contribution in [-0.2, 0) is 35.6 Å². The molecule has 5 rings (SSSR count). The number of esters is 2. The third kappa shape index (κ3) is 8.36. The molecule has 0 aliphatic carbocycles. The highest BCUT2D eigenvalue weighted by Gasteiger charge is 2.39. The first kappa shape index (κ1) is 36.5. The summed E-state index contributed by atoms with van der Waals surface area (Å²) < 4.78 is 69.3. The van der Waals surface area contributed by atoms with E-state index in [4.69, 9.17) is 21.1 Å². The normalized spacial score (nSPS) is 17.5. The highest BCUT2D eigenvalue weighted by atomic mass is 35.5. The number of carbonyl (C=O) groups excluding carboxylic acids is 2. The molecule has 1 N–H and O–H groups in total. The number of piperidine rings is 1. The fraction of sp³-hybridized carbons (Fsp3) is 0.469. The highest BCUT2D eigenvalue weighted by molar-refractivity contribution is 7.89. The summed E-state index contributed by atoms with van der Waals surface area (Å²) in [5.41, 5.74) is 0.602. The molecule has 17 heteroatoms. The van der Waals surface area contributed by atoms with Gasteiger partial charge >= 0.3 is 11.9 Å². The van der Waals surface area contributed by atoms with Gasteiger partial charge in [-0.3, -0.25) is 14.5 Å². The second-order valence-electron chi connectivity index (χ2n) is 11.4. The van der Waals surface area contributed by atoms with Gasteiger partial charge in [0, 0.05) is 61.0 Å². The molecule has 0 spiro atoms. The quantitative estimate of drug-likeness (QED) is 0.131. The van der Waals surface area contributed by atoms with Crippen LogP contribution in [0.3, 0.4) is 0 Å². The van der Waals surface area contributed by atoms with E-state index in [-0.39, 0.29) is 47.6 Å². The number of rotatable bonds is 14. The van der Waals surface area contributed by atoms with E-state index in [1.165, 1.54) is 34.1 Å². The largest absolute Gasteiger partial charge is 0.466 e. The van der Waals surface area contributed by atoms with E-state index in [2.05, 4.69) is 20.4 Å². The molecular formula is C32H37ClF2N6O6S2. The Hall–Kier alpha value is -3.73. The molecule has 1 saturated heterocycles. The van der Waals surface area contributed by atoms with E-state index < -0.39 is 38.7 Å². The molecule has 0 radical (unpaired) electrons. The lowest BCUT2D eigenvalue weighted by molar-refractivity contribution is -0.143.